The van der Waals surface area contributed by atoms with Crippen molar-refractivity contribution in [3.05, 3.63) is 104 Å². The number of nitrogens with one attached hydrogen (secondary N) is 2. The molecule has 4 aromatic rings. The fourth-order valence-corrected chi connectivity index (χ4v) is 3.02. The Morgan fingerprint density at radius 3 is 2.29 bits per heavy atom. The minimum Gasteiger partial charge on any atom is -0.322 e. The summed E-state index contributed by atoms with van der Waals surface area (Å²) in [5.74, 6) is -0.311. The molecule has 28 heavy (non-hydrogen) atoms. The summed E-state index contributed by atoms with van der Waals surface area (Å²) < 4.78 is 1.04. The van der Waals surface area contributed by atoms with Crippen molar-refractivity contribution in [2.75, 3.05) is 5.32 Å². The van der Waals surface area contributed by atoms with Gasteiger partial charge >= 0.3 is 5.69 Å². The van der Waals surface area contributed by atoms with Crippen molar-refractivity contribution in [2.24, 2.45) is 0 Å². The molecule has 1 amide bonds. The standard InChI is InChI=1S/C21H14ClN3O3/c22-14-7-9-15(10-8-14)23-19(26)13-5-11-16(12-6-13)25-20(27)17-3-1-2-4-18(17)24-21(25)28/h1-12H,(H,23,26)(H,24,28). The first-order valence-corrected chi connectivity index (χ1v) is 8.82. The monoisotopic (exact) mass is 391 g/mol. The van der Waals surface area contributed by atoms with Crippen LogP contribution in [0.1, 0.15) is 10.4 Å². The van der Waals surface area contributed by atoms with Gasteiger partial charge in [0, 0.05) is 16.3 Å². The van der Waals surface area contributed by atoms with E-state index in [1.54, 1.807) is 72.8 Å². The van der Waals surface area contributed by atoms with E-state index in [0.29, 0.717) is 32.9 Å². The molecule has 0 radical (unpaired) electrons. The second-order valence-electron chi connectivity index (χ2n) is 6.12. The zero-order chi connectivity index (χ0) is 19.7. The fourth-order valence-electron chi connectivity index (χ4n) is 2.90. The zero-order valence-corrected chi connectivity index (χ0v) is 15.2. The molecule has 0 bridgehead atoms. The van der Waals surface area contributed by atoms with Crippen LogP contribution in [0.4, 0.5) is 5.69 Å². The Labute approximate surface area is 164 Å². The summed E-state index contributed by atoms with van der Waals surface area (Å²) in [5, 5.41) is 3.74. The van der Waals surface area contributed by atoms with Crippen molar-refractivity contribution >= 4 is 34.1 Å². The maximum Gasteiger partial charge on any atom is 0.333 e. The Balaban J connectivity index is 1.66. The maximum absolute atomic E-state index is 12.7. The lowest BCUT2D eigenvalue weighted by molar-refractivity contribution is 0.102. The molecular formula is C21H14ClN3O3. The average molecular weight is 392 g/mol. The second-order valence-corrected chi connectivity index (χ2v) is 6.56. The van der Waals surface area contributed by atoms with Gasteiger partial charge in [0.15, 0.2) is 0 Å². The van der Waals surface area contributed by atoms with Crippen molar-refractivity contribution in [1.29, 1.82) is 0 Å². The number of hydrogen-bond acceptors (Lipinski definition) is 3. The molecule has 0 saturated carbocycles. The van der Waals surface area contributed by atoms with Crippen molar-refractivity contribution in [3.63, 3.8) is 0 Å². The lowest BCUT2D eigenvalue weighted by atomic mass is 10.1. The van der Waals surface area contributed by atoms with Crippen LogP contribution in [0.5, 0.6) is 0 Å². The molecule has 138 valence electrons. The Kier molecular flexibility index (Phi) is 4.55. The maximum atomic E-state index is 12.7. The average Bonchev–Trinajstić information content (AvgIpc) is 2.70. The van der Waals surface area contributed by atoms with E-state index in [-0.39, 0.29) is 5.91 Å². The van der Waals surface area contributed by atoms with Gasteiger partial charge in [-0.1, -0.05) is 23.7 Å². The number of rotatable bonds is 3. The molecule has 1 aromatic heterocycles. The quantitative estimate of drug-likeness (QED) is 0.559. The molecule has 0 atom stereocenters. The summed E-state index contributed by atoms with van der Waals surface area (Å²) >= 11 is 5.83. The number of hydrogen-bond donors (Lipinski definition) is 2. The van der Waals surface area contributed by atoms with E-state index in [9.17, 15) is 14.4 Å². The highest BCUT2D eigenvalue weighted by molar-refractivity contribution is 6.30. The van der Waals surface area contributed by atoms with Crippen molar-refractivity contribution < 1.29 is 4.79 Å². The van der Waals surface area contributed by atoms with Crippen LogP contribution in [-0.2, 0) is 0 Å². The summed E-state index contributed by atoms with van der Waals surface area (Å²) in [6.07, 6.45) is 0. The number of H-pyrrole nitrogens is 1. The second kappa shape index (κ2) is 7.17. The van der Waals surface area contributed by atoms with E-state index in [4.69, 9.17) is 11.6 Å². The Morgan fingerprint density at radius 2 is 1.57 bits per heavy atom. The third kappa shape index (κ3) is 3.33. The number of aromatic nitrogens is 2. The number of amides is 1. The number of fused-ring (bicyclic) bond motifs is 1. The molecule has 0 aliphatic heterocycles. The highest BCUT2D eigenvalue weighted by Gasteiger charge is 2.11. The first-order chi connectivity index (χ1) is 13.5. The number of nitrogens with zero attached hydrogens (tertiary/aromatic N) is 1. The summed E-state index contributed by atoms with van der Waals surface area (Å²) in [7, 11) is 0. The molecule has 0 fully saturated rings. The minimum atomic E-state index is -0.540. The van der Waals surface area contributed by atoms with Gasteiger partial charge in [-0.25, -0.2) is 9.36 Å². The Hall–Kier alpha value is -3.64. The van der Waals surface area contributed by atoms with E-state index in [2.05, 4.69) is 10.3 Å². The largest absolute Gasteiger partial charge is 0.333 e. The molecule has 2 N–H and O–H groups in total. The molecule has 6 nitrogen and oxygen atoms in total. The van der Waals surface area contributed by atoms with E-state index in [1.807, 2.05) is 0 Å². The molecule has 4 rings (SSSR count). The van der Waals surface area contributed by atoms with Gasteiger partial charge in [0.25, 0.3) is 11.5 Å². The zero-order valence-electron chi connectivity index (χ0n) is 14.5. The van der Waals surface area contributed by atoms with E-state index in [0.717, 1.165) is 4.57 Å². The van der Waals surface area contributed by atoms with Gasteiger partial charge in [-0.05, 0) is 60.7 Å². The Bertz CT molecular complexity index is 1290. The van der Waals surface area contributed by atoms with E-state index >= 15 is 0 Å². The SMILES string of the molecule is O=C(Nc1ccc(Cl)cc1)c1ccc(-n2c(=O)[nH]c3ccccc3c2=O)cc1. The normalized spacial score (nSPS) is 10.8. The van der Waals surface area contributed by atoms with Crippen LogP contribution in [0.15, 0.2) is 82.4 Å². The number of carbonyl (C=O) groups excluding carboxylic acids is 1. The van der Waals surface area contributed by atoms with Gasteiger partial charge in [-0.2, -0.15) is 0 Å². The molecule has 0 unspecified atom stereocenters. The molecular weight excluding hydrogens is 378 g/mol. The van der Waals surface area contributed by atoms with Crippen LogP contribution in [0, 0.1) is 0 Å². The van der Waals surface area contributed by atoms with Crippen molar-refractivity contribution in [1.82, 2.24) is 9.55 Å². The number of halogens is 1. The third-order valence-electron chi connectivity index (χ3n) is 4.30. The van der Waals surface area contributed by atoms with Crippen LogP contribution >= 0.6 is 11.6 Å². The van der Waals surface area contributed by atoms with Gasteiger partial charge in [0.05, 0.1) is 16.6 Å². The van der Waals surface area contributed by atoms with Crippen LogP contribution < -0.4 is 16.6 Å². The number of benzene rings is 3. The number of aromatic amines is 1. The first-order valence-electron chi connectivity index (χ1n) is 8.44. The van der Waals surface area contributed by atoms with Crippen LogP contribution in [0.3, 0.4) is 0 Å². The molecule has 3 aromatic carbocycles. The van der Waals surface area contributed by atoms with Gasteiger partial charge in [0.2, 0.25) is 0 Å². The number of para-hydroxylation sites is 1. The van der Waals surface area contributed by atoms with Gasteiger partial charge < -0.3 is 10.3 Å². The third-order valence-corrected chi connectivity index (χ3v) is 4.55. The van der Waals surface area contributed by atoms with Gasteiger partial charge in [-0.3, -0.25) is 9.59 Å². The highest BCUT2D eigenvalue weighted by Crippen LogP contribution is 2.15. The van der Waals surface area contributed by atoms with E-state index < -0.39 is 11.2 Å². The predicted octanol–water partition coefficient (Wildman–Crippen LogP) is 3.58. The molecule has 0 aliphatic rings. The molecule has 0 spiro atoms. The number of anilines is 1. The van der Waals surface area contributed by atoms with E-state index in [1.165, 1.54) is 0 Å². The van der Waals surface area contributed by atoms with Crippen LogP contribution in [0.25, 0.3) is 16.6 Å². The molecule has 0 saturated heterocycles. The lowest BCUT2D eigenvalue weighted by Crippen LogP contribution is -2.33. The summed E-state index contributed by atoms with van der Waals surface area (Å²) in [5.41, 5.74) is 0.900. The van der Waals surface area contributed by atoms with Gasteiger partial charge in [0.1, 0.15) is 0 Å². The van der Waals surface area contributed by atoms with Crippen molar-refractivity contribution in [2.45, 2.75) is 0 Å². The topological polar surface area (TPSA) is 84.0 Å². The van der Waals surface area contributed by atoms with Crippen LogP contribution in [-0.4, -0.2) is 15.5 Å². The fraction of sp³-hybridized carbons (Fsp3) is 0. The minimum absolute atomic E-state index is 0.311. The summed E-state index contributed by atoms with van der Waals surface area (Å²) in [4.78, 5) is 40.1. The van der Waals surface area contributed by atoms with Gasteiger partial charge in [-0.15, -0.1) is 0 Å². The van der Waals surface area contributed by atoms with Crippen LogP contribution in [0.2, 0.25) is 5.02 Å². The molecule has 7 heteroatoms. The lowest BCUT2D eigenvalue weighted by Gasteiger charge is -2.08. The molecule has 0 aliphatic carbocycles. The number of carbonyl (C=O) groups is 1. The highest BCUT2D eigenvalue weighted by atomic mass is 35.5. The smallest absolute Gasteiger partial charge is 0.322 e. The van der Waals surface area contributed by atoms with Crippen molar-refractivity contribution in [3.8, 4) is 5.69 Å². The predicted molar refractivity (Wildman–Crippen MR) is 110 cm³/mol. The summed E-state index contributed by atoms with van der Waals surface area (Å²) in [6, 6.07) is 19.8. The summed E-state index contributed by atoms with van der Waals surface area (Å²) in [6.45, 7) is 0. The Morgan fingerprint density at radius 1 is 0.893 bits per heavy atom. The first kappa shape index (κ1) is 17.8. The molecule has 1 heterocycles.